The van der Waals surface area contributed by atoms with Gasteiger partial charge in [-0.15, -0.1) is 0 Å². The van der Waals surface area contributed by atoms with Crippen molar-refractivity contribution < 1.29 is 17.6 Å². The summed E-state index contributed by atoms with van der Waals surface area (Å²) in [6.45, 7) is 1.92. The van der Waals surface area contributed by atoms with Gasteiger partial charge in [0.25, 0.3) is 10.0 Å². The number of amides is 1. The van der Waals surface area contributed by atoms with Gasteiger partial charge in [0.2, 0.25) is 5.91 Å². The van der Waals surface area contributed by atoms with E-state index in [9.17, 15) is 17.6 Å². The monoisotopic (exact) mass is 375 g/mol. The van der Waals surface area contributed by atoms with E-state index in [0.29, 0.717) is 18.5 Å². The Balaban J connectivity index is 1.64. The molecule has 1 aliphatic rings. The fourth-order valence-electron chi connectivity index (χ4n) is 2.65. The molecule has 0 radical (unpaired) electrons. The number of carbonyl (C=O) groups excluding carboxylic acids is 1. The number of aliphatic imine (C=N–C) groups is 1. The van der Waals surface area contributed by atoms with Gasteiger partial charge in [-0.3, -0.25) is 14.5 Å². The normalized spacial score (nSPS) is 17.4. The smallest absolute Gasteiger partial charge is 0.263 e. The first kappa shape index (κ1) is 18.1. The molecule has 1 aliphatic heterocycles. The van der Waals surface area contributed by atoms with E-state index in [-0.39, 0.29) is 22.5 Å². The van der Waals surface area contributed by atoms with Crippen LogP contribution in [0.5, 0.6) is 0 Å². The molecule has 0 saturated carbocycles. The molecule has 0 spiro atoms. The molecule has 0 aliphatic carbocycles. The van der Waals surface area contributed by atoms with Crippen LogP contribution in [0.1, 0.15) is 18.1 Å². The Kier molecular flexibility index (Phi) is 5.03. The number of halogens is 1. The number of hydrogen-bond acceptors (Lipinski definition) is 4. The standard InChI is InChI=1S/C18H18FN3O3S/c1-12(18(23)20-10-9-13-5-4-6-14(19)11-13)21-17-15-7-2-3-8-16(15)26(24,25)22-17/h2-8,11-12H,9-10H2,1H3,(H,20,23)(H,21,22)/t12-/m0/s1. The second-order valence-electron chi connectivity index (χ2n) is 5.93. The Bertz CT molecular complexity index is 973. The number of fused-ring (bicyclic) bond motifs is 1. The average Bonchev–Trinajstić information content (AvgIpc) is 2.86. The number of benzene rings is 2. The SMILES string of the molecule is C[C@H](N=C1NS(=O)(=O)c2ccccc21)C(=O)NCCc1cccc(F)c1. The maximum Gasteiger partial charge on any atom is 0.263 e. The van der Waals surface area contributed by atoms with Crippen LogP contribution in [0.15, 0.2) is 58.4 Å². The van der Waals surface area contributed by atoms with Crippen LogP contribution in [0.3, 0.4) is 0 Å². The predicted octanol–water partition coefficient (Wildman–Crippen LogP) is 1.61. The van der Waals surface area contributed by atoms with Gasteiger partial charge >= 0.3 is 0 Å². The molecule has 3 rings (SSSR count). The molecule has 2 aromatic rings. The van der Waals surface area contributed by atoms with E-state index in [4.69, 9.17) is 0 Å². The van der Waals surface area contributed by atoms with Crippen LogP contribution in [-0.2, 0) is 21.2 Å². The summed E-state index contributed by atoms with van der Waals surface area (Å²) in [7, 11) is -3.63. The first-order chi connectivity index (χ1) is 12.4. The van der Waals surface area contributed by atoms with E-state index < -0.39 is 16.1 Å². The first-order valence-electron chi connectivity index (χ1n) is 8.09. The second-order valence-corrected chi connectivity index (χ2v) is 7.58. The van der Waals surface area contributed by atoms with E-state index in [2.05, 4.69) is 15.0 Å². The summed E-state index contributed by atoms with van der Waals surface area (Å²) in [5.41, 5.74) is 1.23. The zero-order valence-corrected chi connectivity index (χ0v) is 14.9. The molecule has 0 unspecified atom stereocenters. The summed E-state index contributed by atoms with van der Waals surface area (Å²) in [5, 5.41) is 2.72. The van der Waals surface area contributed by atoms with Crippen molar-refractivity contribution in [2.45, 2.75) is 24.3 Å². The molecule has 0 saturated heterocycles. The lowest BCUT2D eigenvalue weighted by atomic mass is 10.1. The van der Waals surface area contributed by atoms with Crippen molar-refractivity contribution in [1.82, 2.24) is 10.0 Å². The number of hydrogen-bond donors (Lipinski definition) is 2. The predicted molar refractivity (Wildman–Crippen MR) is 95.9 cm³/mol. The third-order valence-corrected chi connectivity index (χ3v) is 5.36. The van der Waals surface area contributed by atoms with Gasteiger partial charge in [-0.2, -0.15) is 0 Å². The van der Waals surface area contributed by atoms with Gasteiger partial charge < -0.3 is 5.32 Å². The van der Waals surface area contributed by atoms with Crippen LogP contribution in [0.2, 0.25) is 0 Å². The highest BCUT2D eigenvalue weighted by atomic mass is 32.2. The van der Waals surface area contributed by atoms with Gasteiger partial charge in [-0.1, -0.05) is 24.3 Å². The van der Waals surface area contributed by atoms with Crippen molar-refractivity contribution in [2.24, 2.45) is 4.99 Å². The van der Waals surface area contributed by atoms with Crippen LogP contribution in [0.4, 0.5) is 4.39 Å². The van der Waals surface area contributed by atoms with Crippen molar-refractivity contribution in [1.29, 1.82) is 0 Å². The summed E-state index contributed by atoms with van der Waals surface area (Å²) < 4.78 is 39.6. The van der Waals surface area contributed by atoms with Crippen LogP contribution < -0.4 is 10.0 Å². The maximum absolute atomic E-state index is 13.1. The third-order valence-electron chi connectivity index (χ3n) is 3.97. The molecule has 0 bridgehead atoms. The van der Waals surface area contributed by atoms with Gasteiger partial charge in [0.05, 0.1) is 4.90 Å². The van der Waals surface area contributed by atoms with Crippen LogP contribution in [0.25, 0.3) is 0 Å². The molecule has 1 heterocycles. The van der Waals surface area contributed by atoms with Crippen LogP contribution in [0, 0.1) is 5.82 Å². The van der Waals surface area contributed by atoms with Crippen LogP contribution in [-0.4, -0.2) is 32.7 Å². The van der Waals surface area contributed by atoms with E-state index in [0.717, 1.165) is 5.56 Å². The Morgan fingerprint density at radius 2 is 2.00 bits per heavy atom. The Morgan fingerprint density at radius 1 is 1.23 bits per heavy atom. The third kappa shape index (κ3) is 3.91. The highest BCUT2D eigenvalue weighted by Crippen LogP contribution is 2.22. The number of sulfonamides is 1. The lowest BCUT2D eigenvalue weighted by Crippen LogP contribution is -2.35. The minimum absolute atomic E-state index is 0.150. The molecule has 6 nitrogen and oxygen atoms in total. The number of rotatable bonds is 5. The highest BCUT2D eigenvalue weighted by molar-refractivity contribution is 7.90. The molecule has 136 valence electrons. The molecule has 2 N–H and O–H groups in total. The largest absolute Gasteiger partial charge is 0.354 e. The minimum Gasteiger partial charge on any atom is -0.354 e. The molecule has 1 amide bonds. The zero-order chi connectivity index (χ0) is 18.7. The van der Waals surface area contributed by atoms with Crippen molar-refractivity contribution in [3.8, 4) is 0 Å². The summed E-state index contributed by atoms with van der Waals surface area (Å²) in [5.74, 6) is -0.494. The molecule has 1 atom stereocenters. The molecule has 26 heavy (non-hydrogen) atoms. The maximum atomic E-state index is 13.1. The molecule has 2 aromatic carbocycles. The zero-order valence-electron chi connectivity index (χ0n) is 14.1. The fraction of sp³-hybridized carbons (Fsp3) is 0.222. The lowest BCUT2D eigenvalue weighted by Gasteiger charge is -2.10. The second kappa shape index (κ2) is 7.25. The van der Waals surface area contributed by atoms with Crippen molar-refractivity contribution >= 4 is 21.8 Å². The van der Waals surface area contributed by atoms with Gasteiger partial charge in [-0.25, -0.2) is 12.8 Å². The topological polar surface area (TPSA) is 87.6 Å². The number of carbonyl (C=O) groups is 1. The van der Waals surface area contributed by atoms with Crippen molar-refractivity contribution in [2.75, 3.05) is 6.54 Å². The quantitative estimate of drug-likeness (QED) is 0.832. The molecule has 8 heteroatoms. The van der Waals surface area contributed by atoms with E-state index in [1.807, 2.05) is 0 Å². The van der Waals surface area contributed by atoms with Crippen LogP contribution >= 0.6 is 0 Å². The summed E-state index contributed by atoms with van der Waals surface area (Å²) >= 11 is 0. The Morgan fingerprint density at radius 3 is 2.77 bits per heavy atom. The molecular formula is C18H18FN3O3S. The lowest BCUT2D eigenvalue weighted by molar-refractivity contribution is -0.121. The molecule has 0 fully saturated rings. The van der Waals surface area contributed by atoms with Gasteiger partial charge in [0, 0.05) is 12.1 Å². The number of amidine groups is 1. The van der Waals surface area contributed by atoms with E-state index in [1.54, 1.807) is 37.3 Å². The summed E-state index contributed by atoms with van der Waals surface area (Å²) in [6.07, 6.45) is 0.488. The van der Waals surface area contributed by atoms with Crippen molar-refractivity contribution in [3.05, 3.63) is 65.5 Å². The summed E-state index contributed by atoms with van der Waals surface area (Å²) in [6, 6.07) is 11.9. The molecular weight excluding hydrogens is 357 g/mol. The van der Waals surface area contributed by atoms with Gasteiger partial charge in [-0.05, 0) is 43.2 Å². The minimum atomic E-state index is -3.63. The summed E-state index contributed by atoms with van der Waals surface area (Å²) in [4.78, 5) is 16.5. The van der Waals surface area contributed by atoms with E-state index in [1.165, 1.54) is 18.2 Å². The van der Waals surface area contributed by atoms with E-state index >= 15 is 0 Å². The Labute approximate surface area is 151 Å². The molecule has 0 aromatic heterocycles. The fourth-order valence-corrected chi connectivity index (χ4v) is 3.89. The Hall–Kier alpha value is -2.74. The van der Waals surface area contributed by atoms with Crippen molar-refractivity contribution in [3.63, 3.8) is 0 Å². The number of nitrogens with zero attached hydrogens (tertiary/aromatic N) is 1. The van der Waals surface area contributed by atoms with Gasteiger partial charge in [0.1, 0.15) is 17.7 Å². The van der Waals surface area contributed by atoms with Gasteiger partial charge in [0.15, 0.2) is 0 Å². The highest BCUT2D eigenvalue weighted by Gasteiger charge is 2.31. The average molecular weight is 375 g/mol. The number of nitrogens with one attached hydrogen (secondary N) is 2. The first-order valence-corrected chi connectivity index (χ1v) is 9.57.